The zero-order valence-electron chi connectivity index (χ0n) is 8.53. The molecule has 0 rings (SSSR count). The summed E-state index contributed by atoms with van der Waals surface area (Å²) in [5.74, 6) is -11.0. The SMILES string of the molecule is O=C(OOC(=O)C(F)(F)F)C(=O)OOC(=O)C(F)(F)F. The van der Waals surface area contributed by atoms with Crippen molar-refractivity contribution in [1.29, 1.82) is 0 Å². The Morgan fingerprint density at radius 3 is 1.00 bits per heavy atom. The standard InChI is InChI=1S/C6F6O8/c7-5(8,9)3(15)19-17-1(13)2(14)18-20-4(16)6(10,11)12. The van der Waals surface area contributed by atoms with Crippen LogP contribution in [0.1, 0.15) is 0 Å². The van der Waals surface area contributed by atoms with Gasteiger partial charge in [-0.1, -0.05) is 0 Å². The molecule has 14 heteroatoms. The second-order valence-corrected chi connectivity index (χ2v) is 2.48. The van der Waals surface area contributed by atoms with E-state index in [4.69, 9.17) is 0 Å². The van der Waals surface area contributed by atoms with Gasteiger partial charge in [-0.25, -0.2) is 38.7 Å². The molecule has 0 aliphatic rings. The lowest BCUT2D eigenvalue weighted by Crippen LogP contribution is -2.31. The number of alkyl halides is 6. The Bertz CT molecular complexity index is 382. The van der Waals surface area contributed by atoms with Crippen LogP contribution in [0.5, 0.6) is 0 Å². The number of halogens is 6. The summed E-state index contributed by atoms with van der Waals surface area (Å²) in [6.45, 7) is 0. The van der Waals surface area contributed by atoms with Crippen molar-refractivity contribution in [2.45, 2.75) is 12.4 Å². The van der Waals surface area contributed by atoms with E-state index in [2.05, 4.69) is 19.6 Å². The van der Waals surface area contributed by atoms with Gasteiger partial charge in [-0.2, -0.15) is 26.3 Å². The van der Waals surface area contributed by atoms with Crippen LogP contribution < -0.4 is 0 Å². The first-order valence-electron chi connectivity index (χ1n) is 3.85. The summed E-state index contributed by atoms with van der Waals surface area (Å²) in [4.78, 5) is 52.3. The zero-order valence-corrected chi connectivity index (χ0v) is 8.53. The Morgan fingerprint density at radius 2 is 0.800 bits per heavy atom. The second kappa shape index (κ2) is 6.07. The second-order valence-electron chi connectivity index (χ2n) is 2.48. The Morgan fingerprint density at radius 1 is 0.550 bits per heavy atom. The Hall–Kier alpha value is -2.54. The van der Waals surface area contributed by atoms with Crippen molar-refractivity contribution in [3.63, 3.8) is 0 Å². The predicted octanol–water partition coefficient (Wildman–Crippen LogP) is 0.114. The molecule has 0 bridgehead atoms. The molecule has 0 radical (unpaired) electrons. The Labute approximate surface area is 103 Å². The summed E-state index contributed by atoms with van der Waals surface area (Å²) in [5.41, 5.74) is 0. The van der Waals surface area contributed by atoms with E-state index in [-0.39, 0.29) is 0 Å². The highest BCUT2D eigenvalue weighted by Gasteiger charge is 2.45. The van der Waals surface area contributed by atoms with Crippen LogP contribution in [0.4, 0.5) is 26.3 Å². The lowest BCUT2D eigenvalue weighted by atomic mass is 10.7. The van der Waals surface area contributed by atoms with Crippen molar-refractivity contribution in [3.8, 4) is 0 Å². The monoisotopic (exact) mass is 314 g/mol. The Balaban J connectivity index is 4.22. The van der Waals surface area contributed by atoms with Crippen LogP contribution in [-0.2, 0) is 38.7 Å². The average molecular weight is 314 g/mol. The fourth-order valence-electron chi connectivity index (χ4n) is 0.314. The third kappa shape index (κ3) is 5.87. The molecule has 114 valence electrons. The van der Waals surface area contributed by atoms with Crippen LogP contribution in [0.3, 0.4) is 0 Å². The number of hydrogen-bond acceptors (Lipinski definition) is 8. The first-order valence-corrected chi connectivity index (χ1v) is 3.85. The first-order chi connectivity index (χ1) is 8.85. The van der Waals surface area contributed by atoms with Gasteiger partial charge in [0.2, 0.25) is 0 Å². The number of carbonyl (C=O) groups is 4. The van der Waals surface area contributed by atoms with Crippen molar-refractivity contribution >= 4 is 23.9 Å². The van der Waals surface area contributed by atoms with Gasteiger partial charge in [-0.05, 0) is 0 Å². The summed E-state index contributed by atoms with van der Waals surface area (Å²) >= 11 is 0. The van der Waals surface area contributed by atoms with Crippen LogP contribution in [0.2, 0.25) is 0 Å². The van der Waals surface area contributed by atoms with Crippen molar-refractivity contribution in [2.75, 3.05) is 0 Å². The van der Waals surface area contributed by atoms with Gasteiger partial charge in [0.1, 0.15) is 0 Å². The van der Waals surface area contributed by atoms with Gasteiger partial charge in [0.05, 0.1) is 0 Å². The molecule has 0 atom stereocenters. The largest absolute Gasteiger partial charge is 0.495 e. The van der Waals surface area contributed by atoms with E-state index in [9.17, 15) is 45.5 Å². The first kappa shape index (κ1) is 17.5. The third-order valence-corrected chi connectivity index (χ3v) is 1.02. The molecule has 0 amide bonds. The summed E-state index contributed by atoms with van der Waals surface area (Å²) in [5, 5.41) is 0. The minimum Gasteiger partial charge on any atom is -0.237 e. The van der Waals surface area contributed by atoms with Crippen molar-refractivity contribution in [1.82, 2.24) is 0 Å². The van der Waals surface area contributed by atoms with Gasteiger partial charge in [-0.3, -0.25) is 0 Å². The van der Waals surface area contributed by atoms with Crippen LogP contribution in [0.15, 0.2) is 0 Å². The van der Waals surface area contributed by atoms with E-state index >= 15 is 0 Å². The fourth-order valence-corrected chi connectivity index (χ4v) is 0.314. The maximum Gasteiger partial charge on any atom is 0.495 e. The average Bonchev–Trinajstić information content (AvgIpc) is 2.29. The molecule has 0 saturated heterocycles. The molecule has 0 aliphatic heterocycles. The number of carbonyl (C=O) groups excluding carboxylic acids is 4. The molecule has 8 nitrogen and oxygen atoms in total. The molecule has 0 aromatic heterocycles. The fraction of sp³-hybridized carbons (Fsp3) is 0.333. The van der Waals surface area contributed by atoms with Gasteiger partial charge in [0, 0.05) is 0 Å². The smallest absolute Gasteiger partial charge is 0.237 e. The van der Waals surface area contributed by atoms with Crippen LogP contribution in [0, 0.1) is 0 Å². The van der Waals surface area contributed by atoms with E-state index in [1.807, 2.05) is 0 Å². The lowest BCUT2D eigenvalue weighted by Gasteiger charge is -2.05. The van der Waals surface area contributed by atoms with Crippen molar-refractivity contribution < 1.29 is 65.1 Å². The zero-order chi connectivity index (χ0) is 16.1. The molecule has 0 aromatic rings. The maximum absolute atomic E-state index is 11.5. The molecule has 0 aromatic carbocycles. The van der Waals surface area contributed by atoms with E-state index in [0.717, 1.165) is 0 Å². The van der Waals surface area contributed by atoms with E-state index in [1.165, 1.54) is 0 Å². The highest BCUT2D eigenvalue weighted by atomic mass is 19.4. The third-order valence-electron chi connectivity index (χ3n) is 1.02. The maximum atomic E-state index is 11.5. The summed E-state index contributed by atoms with van der Waals surface area (Å²) < 4.78 is 69.1. The van der Waals surface area contributed by atoms with Crippen molar-refractivity contribution in [3.05, 3.63) is 0 Å². The van der Waals surface area contributed by atoms with Gasteiger partial charge in [0.25, 0.3) is 0 Å². The molecule has 0 unspecified atom stereocenters. The topological polar surface area (TPSA) is 105 Å². The predicted molar refractivity (Wildman–Crippen MR) is 36.5 cm³/mol. The van der Waals surface area contributed by atoms with Gasteiger partial charge < -0.3 is 0 Å². The highest BCUT2D eigenvalue weighted by molar-refractivity contribution is 6.29. The summed E-state index contributed by atoms with van der Waals surface area (Å²) in [7, 11) is 0. The van der Waals surface area contributed by atoms with Gasteiger partial charge >= 0.3 is 36.2 Å². The molecule has 0 saturated carbocycles. The van der Waals surface area contributed by atoms with Gasteiger partial charge in [-0.15, -0.1) is 0 Å². The molecule has 0 N–H and O–H groups in total. The minimum atomic E-state index is -5.56. The number of hydrogen-bond donors (Lipinski definition) is 0. The molecule has 0 fully saturated rings. The normalized spacial score (nSPS) is 11.3. The molecular weight excluding hydrogens is 314 g/mol. The van der Waals surface area contributed by atoms with E-state index in [1.54, 1.807) is 0 Å². The minimum absolute atomic E-state index is 2.49. The molecule has 20 heavy (non-hydrogen) atoms. The molecular formula is C6F6O8. The summed E-state index contributed by atoms with van der Waals surface area (Å²) in [6, 6.07) is 0. The van der Waals surface area contributed by atoms with Crippen LogP contribution in [-0.4, -0.2) is 36.2 Å². The Kier molecular flexibility index (Phi) is 5.30. The summed E-state index contributed by atoms with van der Waals surface area (Å²) in [6.07, 6.45) is -11.1. The van der Waals surface area contributed by atoms with Crippen LogP contribution >= 0.6 is 0 Å². The molecule has 0 spiro atoms. The highest BCUT2D eigenvalue weighted by Crippen LogP contribution is 2.17. The molecule has 0 heterocycles. The van der Waals surface area contributed by atoms with E-state index < -0.39 is 36.2 Å². The quantitative estimate of drug-likeness (QED) is 0.268. The van der Waals surface area contributed by atoms with Crippen LogP contribution in [0.25, 0.3) is 0 Å². The van der Waals surface area contributed by atoms with Crippen molar-refractivity contribution in [2.24, 2.45) is 0 Å². The lowest BCUT2D eigenvalue weighted by molar-refractivity contribution is -0.301. The molecule has 0 aliphatic carbocycles. The van der Waals surface area contributed by atoms with Gasteiger partial charge in [0.15, 0.2) is 0 Å². The number of rotatable bonds is 0. The van der Waals surface area contributed by atoms with E-state index in [0.29, 0.717) is 0 Å².